The van der Waals surface area contributed by atoms with Crippen molar-refractivity contribution in [3.63, 3.8) is 0 Å². The third kappa shape index (κ3) is 3.54. The summed E-state index contributed by atoms with van der Waals surface area (Å²) in [5, 5.41) is 3.80. The average molecular weight is 387 g/mol. The number of amides is 3. The summed E-state index contributed by atoms with van der Waals surface area (Å²) >= 11 is 0. The molecule has 4 aliphatic rings. The van der Waals surface area contributed by atoms with Gasteiger partial charge in [-0.1, -0.05) is 19.3 Å². The maximum absolute atomic E-state index is 12.8. The van der Waals surface area contributed by atoms with E-state index in [1.165, 1.54) is 30.6 Å². The molecule has 2 aliphatic carbocycles. The lowest BCUT2D eigenvalue weighted by Gasteiger charge is -2.40. The van der Waals surface area contributed by atoms with E-state index in [1.54, 1.807) is 0 Å². The first kappa shape index (κ1) is 18.0. The maximum Gasteiger partial charge on any atom is 0.418 e. The SMILES string of the molecule is O=C(NC1CC2CCCC(C2)C1)[C@@H]1CC[C@@H]2CN1C(=O)N2OS(=O)(=O)O. The molecule has 4 fully saturated rings. The summed E-state index contributed by atoms with van der Waals surface area (Å²) in [4.78, 5) is 26.5. The van der Waals surface area contributed by atoms with Crippen LogP contribution in [0.5, 0.6) is 0 Å². The van der Waals surface area contributed by atoms with Gasteiger partial charge in [-0.25, -0.2) is 4.79 Å². The predicted molar refractivity (Wildman–Crippen MR) is 90.0 cm³/mol. The minimum absolute atomic E-state index is 0.159. The molecule has 3 amide bonds. The molecule has 4 atom stereocenters. The van der Waals surface area contributed by atoms with Crippen molar-refractivity contribution in [3.8, 4) is 0 Å². The Morgan fingerprint density at radius 1 is 1.12 bits per heavy atom. The number of carbonyl (C=O) groups excluding carboxylic acids is 2. The fraction of sp³-hybridized carbons (Fsp3) is 0.875. The van der Waals surface area contributed by atoms with E-state index < -0.39 is 28.5 Å². The fourth-order valence-electron chi connectivity index (χ4n) is 5.25. The second-order valence-electron chi connectivity index (χ2n) is 8.09. The Hall–Kier alpha value is -1.39. The molecule has 4 rings (SSSR count). The largest absolute Gasteiger partial charge is 0.418 e. The molecule has 26 heavy (non-hydrogen) atoms. The number of carbonyl (C=O) groups is 2. The van der Waals surface area contributed by atoms with Gasteiger partial charge in [0.05, 0.1) is 6.04 Å². The zero-order valence-corrected chi connectivity index (χ0v) is 15.4. The van der Waals surface area contributed by atoms with Crippen molar-refractivity contribution in [2.24, 2.45) is 11.8 Å². The summed E-state index contributed by atoms with van der Waals surface area (Å²) in [6.07, 6.45) is 7.93. The van der Waals surface area contributed by atoms with Crippen LogP contribution >= 0.6 is 0 Å². The summed E-state index contributed by atoms with van der Waals surface area (Å²) in [6, 6.07) is -1.61. The zero-order valence-electron chi connectivity index (χ0n) is 14.5. The van der Waals surface area contributed by atoms with Crippen LogP contribution in [0, 0.1) is 11.8 Å². The summed E-state index contributed by atoms with van der Waals surface area (Å²) in [5.74, 6) is 1.21. The lowest BCUT2D eigenvalue weighted by molar-refractivity contribution is -0.127. The van der Waals surface area contributed by atoms with Gasteiger partial charge in [0.25, 0.3) is 0 Å². The van der Waals surface area contributed by atoms with Crippen molar-refractivity contribution in [2.75, 3.05) is 6.54 Å². The molecule has 9 nitrogen and oxygen atoms in total. The molecule has 2 heterocycles. The number of hydroxylamine groups is 2. The highest BCUT2D eigenvalue weighted by Gasteiger charge is 2.49. The summed E-state index contributed by atoms with van der Waals surface area (Å²) < 4.78 is 35.1. The van der Waals surface area contributed by atoms with E-state index in [-0.39, 0.29) is 18.5 Å². The Morgan fingerprint density at radius 2 is 1.81 bits per heavy atom. The number of rotatable bonds is 4. The summed E-state index contributed by atoms with van der Waals surface area (Å²) in [7, 11) is -4.77. The van der Waals surface area contributed by atoms with Gasteiger partial charge in [-0.05, 0) is 43.9 Å². The first-order valence-corrected chi connectivity index (χ1v) is 10.7. The highest BCUT2D eigenvalue weighted by Crippen LogP contribution is 2.40. The number of nitrogens with one attached hydrogen (secondary N) is 1. The van der Waals surface area contributed by atoms with Gasteiger partial charge in [0, 0.05) is 12.6 Å². The van der Waals surface area contributed by atoms with Crippen molar-refractivity contribution in [1.29, 1.82) is 0 Å². The van der Waals surface area contributed by atoms with Crippen LogP contribution in [0.2, 0.25) is 0 Å². The van der Waals surface area contributed by atoms with Gasteiger partial charge in [-0.2, -0.15) is 13.5 Å². The molecule has 0 aromatic rings. The van der Waals surface area contributed by atoms with E-state index in [1.807, 2.05) is 0 Å². The lowest BCUT2D eigenvalue weighted by Crippen LogP contribution is -2.53. The molecule has 0 radical (unpaired) electrons. The number of urea groups is 1. The molecule has 0 spiro atoms. The van der Waals surface area contributed by atoms with Gasteiger partial charge in [0.1, 0.15) is 6.04 Å². The van der Waals surface area contributed by atoms with Crippen molar-refractivity contribution >= 4 is 22.3 Å². The van der Waals surface area contributed by atoms with Gasteiger partial charge in [-0.15, -0.1) is 4.28 Å². The Morgan fingerprint density at radius 3 is 2.46 bits per heavy atom. The van der Waals surface area contributed by atoms with Crippen LogP contribution in [0.1, 0.15) is 51.4 Å². The quantitative estimate of drug-likeness (QED) is 0.697. The number of nitrogens with zero attached hydrogens (tertiary/aromatic N) is 2. The van der Waals surface area contributed by atoms with Crippen LogP contribution in [-0.2, 0) is 19.5 Å². The van der Waals surface area contributed by atoms with E-state index >= 15 is 0 Å². The van der Waals surface area contributed by atoms with Crippen molar-refractivity contribution in [1.82, 2.24) is 15.3 Å². The average Bonchev–Trinajstić information content (AvgIpc) is 2.78. The smallest absolute Gasteiger partial charge is 0.352 e. The molecular formula is C16H25N3O6S. The second-order valence-corrected chi connectivity index (χ2v) is 9.09. The van der Waals surface area contributed by atoms with Gasteiger partial charge < -0.3 is 10.2 Å². The molecule has 2 aliphatic heterocycles. The van der Waals surface area contributed by atoms with Gasteiger partial charge in [0.15, 0.2) is 0 Å². The van der Waals surface area contributed by atoms with Crippen LogP contribution in [-0.4, -0.2) is 59.5 Å². The standard InChI is InChI=1S/C16H25N3O6S/c20-15(17-12-7-10-2-1-3-11(6-10)8-12)14-5-4-13-9-18(14)16(21)19(13)25-26(22,23)24/h10-14H,1-9H2,(H,17,20)(H,22,23,24)/t10?,11?,12?,13-,14+/m1/s1. The Balaban J connectivity index is 1.39. The van der Waals surface area contributed by atoms with E-state index in [0.29, 0.717) is 29.7 Å². The third-order valence-electron chi connectivity index (χ3n) is 6.27. The topological polar surface area (TPSA) is 116 Å². The molecular weight excluding hydrogens is 362 g/mol. The molecule has 2 N–H and O–H groups in total. The maximum atomic E-state index is 12.8. The highest BCUT2D eigenvalue weighted by molar-refractivity contribution is 7.80. The van der Waals surface area contributed by atoms with Crippen molar-refractivity contribution in [3.05, 3.63) is 0 Å². The first-order valence-electron chi connectivity index (χ1n) is 9.37. The Labute approximate surface area is 152 Å². The van der Waals surface area contributed by atoms with Crippen molar-refractivity contribution in [2.45, 2.75) is 69.5 Å². The fourth-order valence-corrected chi connectivity index (χ4v) is 5.64. The van der Waals surface area contributed by atoms with Crippen LogP contribution in [0.15, 0.2) is 0 Å². The molecule has 2 saturated carbocycles. The summed E-state index contributed by atoms with van der Waals surface area (Å²) in [6.45, 7) is 0.225. The van der Waals surface area contributed by atoms with Crippen molar-refractivity contribution < 1.29 is 26.8 Å². The van der Waals surface area contributed by atoms with Crippen LogP contribution < -0.4 is 5.32 Å². The van der Waals surface area contributed by atoms with Crippen LogP contribution in [0.25, 0.3) is 0 Å². The number of hydrogen-bond acceptors (Lipinski definition) is 5. The van der Waals surface area contributed by atoms with Crippen LogP contribution in [0.4, 0.5) is 4.79 Å². The van der Waals surface area contributed by atoms with Gasteiger partial charge >= 0.3 is 16.4 Å². The highest BCUT2D eigenvalue weighted by atomic mass is 32.3. The summed E-state index contributed by atoms with van der Waals surface area (Å²) in [5.41, 5.74) is 0. The van der Waals surface area contributed by atoms with Gasteiger partial charge in [-0.3, -0.25) is 9.35 Å². The molecule has 2 saturated heterocycles. The molecule has 4 bridgehead atoms. The molecule has 0 aromatic carbocycles. The molecule has 10 heteroatoms. The molecule has 146 valence electrons. The second kappa shape index (κ2) is 6.65. The van der Waals surface area contributed by atoms with E-state index in [9.17, 15) is 18.0 Å². The predicted octanol–water partition coefficient (Wildman–Crippen LogP) is 1.07. The number of fused-ring (bicyclic) bond motifs is 4. The minimum Gasteiger partial charge on any atom is -0.352 e. The Kier molecular flexibility index (Phi) is 4.60. The van der Waals surface area contributed by atoms with Gasteiger partial charge in [0.2, 0.25) is 5.91 Å². The molecule has 0 aromatic heterocycles. The number of piperidine rings is 1. The monoisotopic (exact) mass is 387 g/mol. The normalized spacial score (nSPS) is 37.0. The zero-order chi connectivity index (χ0) is 18.5. The first-order chi connectivity index (χ1) is 12.3. The van der Waals surface area contributed by atoms with E-state index in [4.69, 9.17) is 4.55 Å². The third-order valence-corrected chi connectivity index (χ3v) is 6.62. The van der Waals surface area contributed by atoms with E-state index in [2.05, 4.69) is 9.60 Å². The minimum atomic E-state index is -4.77. The lowest BCUT2D eigenvalue weighted by atomic mass is 9.70. The van der Waals surface area contributed by atoms with E-state index in [0.717, 1.165) is 12.8 Å². The Bertz CT molecular complexity index is 686. The number of hydrogen-bond donors (Lipinski definition) is 2. The van der Waals surface area contributed by atoms with Crippen LogP contribution in [0.3, 0.4) is 0 Å². The molecule has 2 unspecified atom stereocenters.